The molecule has 0 saturated heterocycles. The van der Waals surface area contributed by atoms with Gasteiger partial charge in [-0.2, -0.15) is 0 Å². The lowest BCUT2D eigenvalue weighted by Crippen LogP contribution is -2.23. The first kappa shape index (κ1) is 14.2. The van der Waals surface area contributed by atoms with Gasteiger partial charge in [0.1, 0.15) is 11.4 Å². The molecule has 1 rings (SSSR count). The van der Waals surface area contributed by atoms with Crippen LogP contribution in [-0.2, 0) is 20.8 Å². The average Bonchev–Trinajstić information content (AvgIpc) is 2.37. The Morgan fingerprint density at radius 2 is 1.94 bits per heavy atom. The van der Waals surface area contributed by atoms with Crippen molar-refractivity contribution < 1.29 is 23.0 Å². The molecule has 1 unspecified atom stereocenters. The summed E-state index contributed by atoms with van der Waals surface area (Å²) in [6, 6.07) is 6.73. The van der Waals surface area contributed by atoms with Gasteiger partial charge in [0.15, 0.2) is 0 Å². The maximum absolute atomic E-state index is 11.3. The van der Waals surface area contributed by atoms with Gasteiger partial charge in [0.05, 0.1) is 14.2 Å². The van der Waals surface area contributed by atoms with E-state index in [-0.39, 0.29) is 5.70 Å². The van der Waals surface area contributed by atoms with E-state index in [0.717, 1.165) is 0 Å². The topological polar surface area (TPSA) is 87.7 Å². The highest BCUT2D eigenvalue weighted by Gasteiger charge is 2.09. The number of ether oxygens (including phenoxy) is 2. The summed E-state index contributed by atoms with van der Waals surface area (Å²) in [6.07, 6.45) is 1.36. The number of methoxy groups -OCH3 is 2. The van der Waals surface area contributed by atoms with Crippen molar-refractivity contribution >= 4 is 23.3 Å². The molecule has 0 heterocycles. The lowest BCUT2D eigenvalue weighted by atomic mass is 10.2. The van der Waals surface area contributed by atoms with Gasteiger partial charge in [-0.3, -0.25) is 4.21 Å². The van der Waals surface area contributed by atoms with E-state index in [0.29, 0.717) is 11.3 Å². The normalized spacial score (nSPS) is 12.7. The number of esters is 1. The fourth-order valence-electron chi connectivity index (χ4n) is 1.20. The Morgan fingerprint density at radius 1 is 1.33 bits per heavy atom. The second-order valence-corrected chi connectivity index (χ2v) is 3.83. The van der Waals surface area contributed by atoms with Gasteiger partial charge in [-0.05, 0) is 23.8 Å². The van der Waals surface area contributed by atoms with Crippen LogP contribution in [0.5, 0.6) is 5.75 Å². The van der Waals surface area contributed by atoms with Gasteiger partial charge in [0.2, 0.25) is 0 Å². The van der Waals surface area contributed by atoms with E-state index in [9.17, 15) is 13.6 Å². The van der Waals surface area contributed by atoms with Crippen LogP contribution in [0.3, 0.4) is 0 Å². The van der Waals surface area contributed by atoms with Crippen LogP contribution >= 0.6 is 0 Å². The molecule has 0 aliphatic carbocycles. The van der Waals surface area contributed by atoms with Gasteiger partial charge in [0, 0.05) is 11.3 Å². The minimum atomic E-state index is -2.59. The van der Waals surface area contributed by atoms with Crippen LogP contribution in [0.25, 0.3) is 6.08 Å². The third kappa shape index (κ3) is 4.19. The van der Waals surface area contributed by atoms with Gasteiger partial charge in [-0.1, -0.05) is 12.1 Å². The molecule has 1 N–H and O–H groups in total. The summed E-state index contributed by atoms with van der Waals surface area (Å²) in [5.74, 6) is -0.109. The molecule has 1 aromatic rings. The van der Waals surface area contributed by atoms with E-state index in [2.05, 4.69) is 4.74 Å². The summed E-state index contributed by atoms with van der Waals surface area (Å²) in [6.45, 7) is 0. The molecular formula is C11H12NO5S-. The van der Waals surface area contributed by atoms with Crippen molar-refractivity contribution in [2.75, 3.05) is 14.2 Å². The van der Waals surface area contributed by atoms with Crippen LogP contribution in [0, 0.1) is 0 Å². The van der Waals surface area contributed by atoms with Crippen molar-refractivity contribution in [1.82, 2.24) is 4.72 Å². The van der Waals surface area contributed by atoms with Gasteiger partial charge in [0.25, 0.3) is 0 Å². The first-order valence-corrected chi connectivity index (χ1v) is 5.94. The van der Waals surface area contributed by atoms with E-state index >= 15 is 0 Å². The molecule has 1 aromatic carbocycles. The molecule has 0 bridgehead atoms. The molecule has 7 heteroatoms. The van der Waals surface area contributed by atoms with Gasteiger partial charge < -0.3 is 18.7 Å². The lowest BCUT2D eigenvalue weighted by Gasteiger charge is -2.10. The van der Waals surface area contributed by atoms with Crippen molar-refractivity contribution in [3.63, 3.8) is 0 Å². The summed E-state index contributed by atoms with van der Waals surface area (Å²) in [5.41, 5.74) is 0.463. The Hall–Kier alpha value is -1.86. The fraction of sp³-hybridized carbons (Fsp3) is 0.182. The zero-order chi connectivity index (χ0) is 13.5. The van der Waals surface area contributed by atoms with Crippen LogP contribution in [0.4, 0.5) is 0 Å². The molecule has 0 radical (unpaired) electrons. The molecule has 0 aromatic heterocycles. The minimum absolute atomic E-state index is 0.170. The summed E-state index contributed by atoms with van der Waals surface area (Å²) in [4.78, 5) is 11.3. The van der Waals surface area contributed by atoms with Gasteiger partial charge in [-0.25, -0.2) is 4.79 Å². The zero-order valence-corrected chi connectivity index (χ0v) is 10.7. The number of carbonyl (C=O) groups is 1. The average molecular weight is 270 g/mol. The van der Waals surface area contributed by atoms with Crippen LogP contribution in [0.15, 0.2) is 30.0 Å². The number of nitrogens with one attached hydrogen (secondary N) is 1. The molecule has 0 aliphatic rings. The fourth-order valence-corrected chi connectivity index (χ4v) is 1.52. The van der Waals surface area contributed by atoms with Crippen molar-refractivity contribution in [3.05, 3.63) is 35.5 Å². The standard InChI is InChI=1S/C11H13NO5S/c1-16-9-5-3-8(4-6-9)7-10(11(13)17-2)12-18(14)15/h3-7,12H,1-2H3,(H,14,15)/p-1. The summed E-state index contributed by atoms with van der Waals surface area (Å²) >= 11 is -2.59. The first-order valence-electron chi connectivity index (χ1n) is 4.87. The molecule has 0 aliphatic heterocycles. The number of hydrogen-bond donors (Lipinski definition) is 1. The van der Waals surface area contributed by atoms with E-state index in [4.69, 9.17) is 4.74 Å². The molecule has 0 saturated carbocycles. The van der Waals surface area contributed by atoms with Gasteiger partial charge >= 0.3 is 5.97 Å². The Balaban J connectivity index is 2.98. The number of carbonyl (C=O) groups excluding carboxylic acids is 1. The summed E-state index contributed by atoms with van der Waals surface area (Å²) in [7, 11) is 2.70. The van der Waals surface area contributed by atoms with Crippen molar-refractivity contribution in [1.29, 1.82) is 0 Å². The second-order valence-electron chi connectivity index (χ2n) is 3.16. The van der Waals surface area contributed by atoms with Crippen molar-refractivity contribution in [2.24, 2.45) is 0 Å². The van der Waals surface area contributed by atoms with Crippen molar-refractivity contribution in [2.45, 2.75) is 0 Å². The minimum Gasteiger partial charge on any atom is -0.755 e. The first-order chi connectivity index (χ1) is 8.56. The largest absolute Gasteiger partial charge is 0.755 e. The predicted octanol–water partition coefficient (Wildman–Crippen LogP) is 0.593. The van der Waals surface area contributed by atoms with E-state index in [1.54, 1.807) is 24.3 Å². The highest BCUT2D eigenvalue weighted by atomic mass is 32.2. The Kier molecular flexibility index (Phi) is 5.34. The Morgan fingerprint density at radius 3 is 2.39 bits per heavy atom. The number of rotatable bonds is 5. The van der Waals surface area contributed by atoms with E-state index in [1.807, 2.05) is 4.72 Å². The third-order valence-corrected chi connectivity index (χ3v) is 2.41. The summed E-state index contributed by atoms with van der Waals surface area (Å²) < 4.78 is 32.5. The Labute approximate surface area is 107 Å². The maximum Gasteiger partial charge on any atom is 0.355 e. The molecule has 0 fully saturated rings. The highest BCUT2D eigenvalue weighted by molar-refractivity contribution is 7.77. The molecule has 98 valence electrons. The maximum atomic E-state index is 11.3. The lowest BCUT2D eigenvalue weighted by molar-refractivity contribution is -0.136. The zero-order valence-electron chi connectivity index (χ0n) is 9.84. The molecule has 18 heavy (non-hydrogen) atoms. The van der Waals surface area contributed by atoms with E-state index < -0.39 is 17.2 Å². The molecular weight excluding hydrogens is 258 g/mol. The van der Waals surface area contributed by atoms with Crippen LogP contribution in [0.1, 0.15) is 5.56 Å². The van der Waals surface area contributed by atoms with Crippen LogP contribution < -0.4 is 9.46 Å². The summed E-state index contributed by atoms with van der Waals surface area (Å²) in [5, 5.41) is 0. The monoisotopic (exact) mass is 270 g/mol. The third-order valence-electron chi connectivity index (χ3n) is 2.03. The van der Waals surface area contributed by atoms with Crippen LogP contribution in [-0.4, -0.2) is 29.0 Å². The SMILES string of the molecule is COC(=O)C(=Cc1ccc(OC)cc1)NS(=O)[O-]. The highest BCUT2D eigenvalue weighted by Crippen LogP contribution is 2.13. The molecule has 6 nitrogen and oxygen atoms in total. The molecule has 1 atom stereocenters. The smallest absolute Gasteiger partial charge is 0.355 e. The quantitative estimate of drug-likeness (QED) is 0.480. The molecule has 0 amide bonds. The van der Waals surface area contributed by atoms with Crippen molar-refractivity contribution in [3.8, 4) is 5.75 Å². The second kappa shape index (κ2) is 6.77. The molecule has 0 spiro atoms. The van der Waals surface area contributed by atoms with E-state index in [1.165, 1.54) is 20.3 Å². The van der Waals surface area contributed by atoms with Gasteiger partial charge in [-0.15, -0.1) is 0 Å². The Bertz CT molecular complexity index is 469. The number of benzene rings is 1. The van der Waals surface area contributed by atoms with Crippen LogP contribution in [0.2, 0.25) is 0 Å². The predicted molar refractivity (Wildman–Crippen MR) is 65.0 cm³/mol. The number of hydrogen-bond acceptors (Lipinski definition) is 5.